The van der Waals surface area contributed by atoms with E-state index >= 15 is 0 Å². The first-order valence-electron chi connectivity index (χ1n) is 6.45. The van der Waals surface area contributed by atoms with Crippen molar-refractivity contribution in [3.8, 4) is 0 Å². The summed E-state index contributed by atoms with van der Waals surface area (Å²) in [4.78, 5) is 0.428. The molecule has 0 aromatic heterocycles. The van der Waals surface area contributed by atoms with Crippen LogP contribution < -0.4 is 5.73 Å². The average Bonchev–Trinajstić information content (AvgIpc) is 2.96. The molecule has 1 saturated heterocycles. The van der Waals surface area contributed by atoms with Crippen molar-refractivity contribution < 1.29 is 8.42 Å². The smallest absolute Gasteiger partial charge is 0.243 e. The van der Waals surface area contributed by atoms with Gasteiger partial charge in [0.2, 0.25) is 10.0 Å². The number of hydrogen-bond acceptors (Lipinski definition) is 3. The Bertz CT molecular complexity index is 574. The van der Waals surface area contributed by atoms with Gasteiger partial charge in [-0.1, -0.05) is 6.07 Å². The fraction of sp³-hybridized carbons (Fsp3) is 0.538. The third kappa shape index (κ3) is 2.65. The van der Waals surface area contributed by atoms with E-state index in [0.29, 0.717) is 18.0 Å². The van der Waals surface area contributed by atoms with Gasteiger partial charge in [-0.05, 0) is 48.9 Å². The van der Waals surface area contributed by atoms with Gasteiger partial charge in [0.15, 0.2) is 0 Å². The summed E-state index contributed by atoms with van der Waals surface area (Å²) >= 11 is 0. The minimum absolute atomic E-state index is 0. The van der Waals surface area contributed by atoms with Crippen molar-refractivity contribution in [3.63, 3.8) is 0 Å². The molecule has 2 aliphatic rings. The zero-order valence-corrected chi connectivity index (χ0v) is 12.3. The van der Waals surface area contributed by atoms with Gasteiger partial charge in [0.1, 0.15) is 0 Å². The van der Waals surface area contributed by atoms with Gasteiger partial charge < -0.3 is 5.73 Å². The predicted molar refractivity (Wildman–Crippen MR) is 77.1 cm³/mol. The van der Waals surface area contributed by atoms with Crippen molar-refractivity contribution in [1.82, 2.24) is 4.31 Å². The zero-order valence-electron chi connectivity index (χ0n) is 10.7. The third-order valence-corrected chi connectivity index (χ3v) is 5.76. The van der Waals surface area contributed by atoms with Crippen LogP contribution in [0.2, 0.25) is 0 Å². The van der Waals surface area contributed by atoms with Crippen LogP contribution in [0.5, 0.6) is 0 Å². The number of halogens is 1. The standard InChI is InChI=1S/C13H18N2O2S.ClH/c14-12-6-7-15(9-12)18(16,17)13-5-4-10-2-1-3-11(10)8-13;/h4-5,8,12H,1-3,6-7,9,14H2;1H. The van der Waals surface area contributed by atoms with Crippen LogP contribution in [0, 0.1) is 0 Å². The third-order valence-electron chi connectivity index (χ3n) is 3.90. The molecule has 1 unspecified atom stereocenters. The Balaban J connectivity index is 0.00000133. The highest BCUT2D eigenvalue weighted by Gasteiger charge is 2.31. The normalized spacial score (nSPS) is 23.1. The van der Waals surface area contributed by atoms with E-state index < -0.39 is 10.0 Å². The van der Waals surface area contributed by atoms with E-state index in [-0.39, 0.29) is 18.4 Å². The molecule has 1 heterocycles. The Kier molecular flexibility index (Phi) is 4.20. The molecule has 6 heteroatoms. The van der Waals surface area contributed by atoms with Crippen LogP contribution in [0.3, 0.4) is 0 Å². The molecule has 0 amide bonds. The molecule has 2 N–H and O–H groups in total. The van der Waals surface area contributed by atoms with Gasteiger partial charge in [0, 0.05) is 19.1 Å². The lowest BCUT2D eigenvalue weighted by Crippen LogP contribution is -2.32. The SMILES string of the molecule is Cl.NC1CCN(S(=O)(=O)c2ccc3c(c2)CCC3)C1. The molecule has 1 aliphatic carbocycles. The highest BCUT2D eigenvalue weighted by atomic mass is 35.5. The number of nitrogens with two attached hydrogens (primary N) is 1. The molecule has 3 rings (SSSR count). The minimum atomic E-state index is -3.34. The van der Waals surface area contributed by atoms with E-state index in [9.17, 15) is 8.42 Å². The van der Waals surface area contributed by atoms with Crippen molar-refractivity contribution in [3.05, 3.63) is 29.3 Å². The van der Waals surface area contributed by atoms with Crippen molar-refractivity contribution in [2.24, 2.45) is 5.73 Å². The van der Waals surface area contributed by atoms with E-state index in [2.05, 4.69) is 0 Å². The number of nitrogens with zero attached hydrogens (tertiary/aromatic N) is 1. The summed E-state index contributed by atoms with van der Waals surface area (Å²) in [6, 6.07) is 5.53. The summed E-state index contributed by atoms with van der Waals surface area (Å²) in [5, 5.41) is 0. The second kappa shape index (κ2) is 5.40. The fourth-order valence-corrected chi connectivity index (χ4v) is 4.39. The van der Waals surface area contributed by atoms with Crippen molar-refractivity contribution in [1.29, 1.82) is 0 Å². The van der Waals surface area contributed by atoms with E-state index in [4.69, 9.17) is 5.73 Å². The van der Waals surface area contributed by atoms with E-state index in [1.807, 2.05) is 12.1 Å². The second-order valence-electron chi connectivity index (χ2n) is 5.20. The Labute approximate surface area is 120 Å². The maximum atomic E-state index is 12.5. The lowest BCUT2D eigenvalue weighted by Gasteiger charge is -2.16. The van der Waals surface area contributed by atoms with E-state index in [1.54, 1.807) is 6.07 Å². The minimum Gasteiger partial charge on any atom is -0.326 e. The van der Waals surface area contributed by atoms with Crippen LogP contribution >= 0.6 is 12.4 Å². The van der Waals surface area contributed by atoms with Crippen molar-refractivity contribution in [2.75, 3.05) is 13.1 Å². The summed E-state index contributed by atoms with van der Waals surface area (Å²) in [5.41, 5.74) is 8.28. The highest BCUT2D eigenvalue weighted by molar-refractivity contribution is 7.89. The van der Waals surface area contributed by atoms with Gasteiger partial charge in [-0.15, -0.1) is 12.4 Å². The molecule has 0 bridgehead atoms. The van der Waals surface area contributed by atoms with Crippen LogP contribution in [0.1, 0.15) is 24.0 Å². The molecular formula is C13H19ClN2O2S. The van der Waals surface area contributed by atoms with Crippen LogP contribution in [0.15, 0.2) is 23.1 Å². The Morgan fingerprint density at radius 2 is 1.95 bits per heavy atom. The number of benzene rings is 1. The zero-order chi connectivity index (χ0) is 12.8. The predicted octanol–water partition coefficient (Wildman–Crippen LogP) is 1.32. The van der Waals surface area contributed by atoms with Crippen molar-refractivity contribution in [2.45, 2.75) is 36.6 Å². The largest absolute Gasteiger partial charge is 0.326 e. The molecule has 4 nitrogen and oxygen atoms in total. The Morgan fingerprint density at radius 1 is 1.21 bits per heavy atom. The van der Waals surface area contributed by atoms with Gasteiger partial charge in [0.25, 0.3) is 0 Å². The fourth-order valence-electron chi connectivity index (χ4n) is 2.83. The first kappa shape index (κ1) is 14.8. The van der Waals surface area contributed by atoms with E-state index in [1.165, 1.54) is 15.4 Å². The molecule has 0 spiro atoms. The number of aryl methyl sites for hydroxylation is 2. The molecule has 0 saturated carbocycles. The summed E-state index contributed by atoms with van der Waals surface area (Å²) in [5.74, 6) is 0. The lowest BCUT2D eigenvalue weighted by atomic mass is 10.1. The lowest BCUT2D eigenvalue weighted by molar-refractivity contribution is 0.472. The number of sulfonamides is 1. The molecule has 0 radical (unpaired) electrons. The topological polar surface area (TPSA) is 63.4 Å². The average molecular weight is 303 g/mol. The Hall–Kier alpha value is -0.620. The molecule has 19 heavy (non-hydrogen) atoms. The van der Waals surface area contributed by atoms with E-state index in [0.717, 1.165) is 25.7 Å². The summed E-state index contributed by atoms with van der Waals surface area (Å²) in [7, 11) is -3.34. The van der Waals surface area contributed by atoms with Gasteiger partial charge in [-0.3, -0.25) is 0 Å². The van der Waals surface area contributed by atoms with Crippen LogP contribution in [0.25, 0.3) is 0 Å². The molecule has 1 atom stereocenters. The Morgan fingerprint density at radius 3 is 2.63 bits per heavy atom. The summed E-state index contributed by atoms with van der Waals surface area (Å²) < 4.78 is 26.4. The molecule has 1 aromatic carbocycles. The molecule has 1 aromatic rings. The first-order valence-corrected chi connectivity index (χ1v) is 7.89. The molecular weight excluding hydrogens is 284 g/mol. The van der Waals surface area contributed by atoms with Gasteiger partial charge in [-0.25, -0.2) is 8.42 Å². The molecule has 106 valence electrons. The number of fused-ring (bicyclic) bond motifs is 1. The van der Waals surface area contributed by atoms with Gasteiger partial charge >= 0.3 is 0 Å². The molecule has 1 fully saturated rings. The maximum Gasteiger partial charge on any atom is 0.243 e. The van der Waals surface area contributed by atoms with Crippen LogP contribution in [-0.2, 0) is 22.9 Å². The van der Waals surface area contributed by atoms with Crippen LogP contribution in [0.4, 0.5) is 0 Å². The molecule has 1 aliphatic heterocycles. The summed E-state index contributed by atoms with van der Waals surface area (Å²) in [6.45, 7) is 0.986. The number of hydrogen-bond donors (Lipinski definition) is 1. The summed E-state index contributed by atoms with van der Waals surface area (Å²) in [6.07, 6.45) is 3.96. The van der Waals surface area contributed by atoms with Gasteiger partial charge in [-0.2, -0.15) is 4.31 Å². The van der Waals surface area contributed by atoms with Crippen molar-refractivity contribution >= 4 is 22.4 Å². The monoisotopic (exact) mass is 302 g/mol. The quantitative estimate of drug-likeness (QED) is 0.896. The second-order valence-corrected chi connectivity index (χ2v) is 7.13. The maximum absolute atomic E-state index is 12.5. The van der Waals surface area contributed by atoms with Crippen LogP contribution in [-0.4, -0.2) is 31.9 Å². The highest BCUT2D eigenvalue weighted by Crippen LogP contribution is 2.27. The first-order chi connectivity index (χ1) is 8.57. The van der Waals surface area contributed by atoms with Gasteiger partial charge in [0.05, 0.1) is 4.90 Å². The number of rotatable bonds is 2.